The molecule has 30 heavy (non-hydrogen) atoms. The quantitative estimate of drug-likeness (QED) is 0.359. The Hall–Kier alpha value is -2.82. The van der Waals surface area contributed by atoms with E-state index < -0.39 is 0 Å². The van der Waals surface area contributed by atoms with Crippen LogP contribution in [0.5, 0.6) is 11.5 Å². The molecule has 0 spiro atoms. The molecular formula is C25H33N3O2. The lowest BCUT2D eigenvalue weighted by Gasteiger charge is -2.09. The maximum absolute atomic E-state index is 10.4. The Morgan fingerprint density at radius 3 is 2.50 bits per heavy atom. The average Bonchev–Trinajstić information content (AvgIpc) is 3.22. The minimum absolute atomic E-state index is 0.127. The Morgan fingerprint density at radius 2 is 1.70 bits per heavy atom. The summed E-state index contributed by atoms with van der Waals surface area (Å²) in [7, 11) is 0. The molecule has 0 saturated heterocycles. The molecule has 1 heterocycles. The number of benzene rings is 2. The van der Waals surface area contributed by atoms with Crippen molar-refractivity contribution in [2.24, 2.45) is 0 Å². The number of ether oxygens (including phenoxy) is 1. The Bertz CT molecular complexity index is 877. The predicted octanol–water partition coefficient (Wildman–Crippen LogP) is 5.89. The van der Waals surface area contributed by atoms with Crippen LogP contribution in [0.25, 0.3) is 5.69 Å². The first-order valence-electron chi connectivity index (χ1n) is 11.2. The number of rotatable bonds is 13. The Labute approximate surface area is 179 Å². The van der Waals surface area contributed by atoms with Crippen LogP contribution in [0.15, 0.2) is 54.7 Å². The number of nitrogens with zero attached hydrogens (tertiary/aromatic N) is 3. The summed E-state index contributed by atoms with van der Waals surface area (Å²) in [5.41, 5.74) is 2.82. The number of phenolic OH excluding ortho intramolecular Hbond substituents is 1. The van der Waals surface area contributed by atoms with Gasteiger partial charge in [-0.25, -0.2) is 0 Å². The fourth-order valence-corrected chi connectivity index (χ4v) is 3.48. The van der Waals surface area contributed by atoms with Crippen LogP contribution in [0.3, 0.4) is 0 Å². The monoisotopic (exact) mass is 407 g/mol. The van der Waals surface area contributed by atoms with Gasteiger partial charge < -0.3 is 9.84 Å². The highest BCUT2D eigenvalue weighted by Gasteiger charge is 2.09. The van der Waals surface area contributed by atoms with E-state index in [0.29, 0.717) is 18.0 Å². The summed E-state index contributed by atoms with van der Waals surface area (Å²) >= 11 is 0. The van der Waals surface area contributed by atoms with Crippen molar-refractivity contribution in [3.8, 4) is 17.2 Å². The zero-order valence-electron chi connectivity index (χ0n) is 18.0. The van der Waals surface area contributed by atoms with E-state index in [0.717, 1.165) is 31.4 Å². The molecule has 0 bridgehead atoms. The molecular weight excluding hydrogens is 374 g/mol. The third-order valence-corrected chi connectivity index (χ3v) is 5.21. The van der Waals surface area contributed by atoms with Crippen molar-refractivity contribution >= 4 is 0 Å². The summed E-state index contributed by atoms with van der Waals surface area (Å²) in [4.78, 5) is 1.49. The second-order valence-corrected chi connectivity index (χ2v) is 7.73. The van der Waals surface area contributed by atoms with Gasteiger partial charge in [0.2, 0.25) is 0 Å². The van der Waals surface area contributed by atoms with Crippen molar-refractivity contribution in [2.75, 3.05) is 6.61 Å². The van der Waals surface area contributed by atoms with Gasteiger partial charge in [-0.15, -0.1) is 4.80 Å². The van der Waals surface area contributed by atoms with Gasteiger partial charge in [-0.3, -0.25) is 0 Å². The largest absolute Gasteiger partial charge is 0.505 e. The van der Waals surface area contributed by atoms with Crippen molar-refractivity contribution in [3.05, 3.63) is 66.0 Å². The molecule has 2 aromatic carbocycles. The summed E-state index contributed by atoms with van der Waals surface area (Å²) in [5, 5.41) is 19.2. The second kappa shape index (κ2) is 12.0. The molecule has 0 radical (unpaired) electrons. The highest BCUT2D eigenvalue weighted by Crippen LogP contribution is 2.26. The SMILES string of the molecule is CCCCCCCCOc1ccc(-n2ncc(CCCc3ccccc3)n2)c(O)c1. The van der Waals surface area contributed by atoms with Crippen LogP contribution in [0.2, 0.25) is 0 Å². The molecule has 160 valence electrons. The van der Waals surface area contributed by atoms with Crippen LogP contribution in [0.1, 0.15) is 63.1 Å². The molecule has 0 atom stereocenters. The number of phenols is 1. The Morgan fingerprint density at radius 1 is 0.900 bits per heavy atom. The number of aromatic nitrogens is 3. The molecule has 0 fully saturated rings. The molecule has 1 aromatic heterocycles. The van der Waals surface area contributed by atoms with Gasteiger partial charge in [-0.05, 0) is 43.4 Å². The van der Waals surface area contributed by atoms with Gasteiger partial charge in [0, 0.05) is 6.07 Å². The molecule has 5 nitrogen and oxygen atoms in total. The molecule has 0 aliphatic rings. The van der Waals surface area contributed by atoms with Gasteiger partial charge in [-0.2, -0.15) is 10.2 Å². The van der Waals surface area contributed by atoms with Crippen molar-refractivity contribution in [2.45, 2.75) is 64.7 Å². The van der Waals surface area contributed by atoms with Gasteiger partial charge in [-0.1, -0.05) is 69.4 Å². The van der Waals surface area contributed by atoms with Gasteiger partial charge in [0.1, 0.15) is 17.2 Å². The third kappa shape index (κ3) is 6.90. The zero-order valence-corrected chi connectivity index (χ0v) is 18.0. The van der Waals surface area contributed by atoms with Crippen molar-refractivity contribution in [3.63, 3.8) is 0 Å². The lowest BCUT2D eigenvalue weighted by Crippen LogP contribution is -2.02. The molecule has 0 amide bonds. The number of hydrogen-bond acceptors (Lipinski definition) is 4. The highest BCUT2D eigenvalue weighted by molar-refractivity contribution is 5.48. The van der Waals surface area contributed by atoms with E-state index in [-0.39, 0.29) is 5.75 Å². The molecule has 3 rings (SSSR count). The third-order valence-electron chi connectivity index (χ3n) is 5.21. The van der Waals surface area contributed by atoms with E-state index in [9.17, 15) is 5.11 Å². The highest BCUT2D eigenvalue weighted by atomic mass is 16.5. The predicted molar refractivity (Wildman–Crippen MR) is 120 cm³/mol. The standard InChI is InChI=1S/C25H33N3O2/c1-2-3-4-5-6-10-18-30-23-16-17-24(25(29)19-23)28-26-20-22(27-28)15-11-14-21-12-8-7-9-13-21/h7-9,12-13,16-17,19-20,29H,2-6,10-11,14-15,18H2,1H3. The number of aromatic hydroxyl groups is 1. The summed E-state index contributed by atoms with van der Waals surface area (Å²) in [5.74, 6) is 0.807. The van der Waals surface area contributed by atoms with E-state index in [1.165, 1.54) is 42.5 Å². The summed E-state index contributed by atoms with van der Waals surface area (Å²) in [6, 6.07) is 15.8. The van der Waals surface area contributed by atoms with Crippen molar-refractivity contribution in [1.82, 2.24) is 15.0 Å². The van der Waals surface area contributed by atoms with Crippen LogP contribution in [-0.4, -0.2) is 26.7 Å². The molecule has 0 aliphatic carbocycles. The lowest BCUT2D eigenvalue weighted by molar-refractivity contribution is 0.302. The normalized spacial score (nSPS) is 11.0. The smallest absolute Gasteiger partial charge is 0.146 e. The van der Waals surface area contributed by atoms with Crippen LogP contribution in [0.4, 0.5) is 0 Å². The lowest BCUT2D eigenvalue weighted by atomic mass is 10.1. The van der Waals surface area contributed by atoms with E-state index in [2.05, 4.69) is 41.4 Å². The Kier molecular flexibility index (Phi) is 8.76. The topological polar surface area (TPSA) is 60.2 Å². The van der Waals surface area contributed by atoms with Crippen molar-refractivity contribution in [1.29, 1.82) is 0 Å². The van der Waals surface area contributed by atoms with E-state index in [1.54, 1.807) is 18.3 Å². The van der Waals surface area contributed by atoms with E-state index in [4.69, 9.17) is 4.74 Å². The van der Waals surface area contributed by atoms with Gasteiger partial charge in [0.25, 0.3) is 0 Å². The number of aryl methyl sites for hydroxylation is 2. The molecule has 3 aromatic rings. The average molecular weight is 408 g/mol. The fraction of sp³-hybridized carbons (Fsp3) is 0.440. The van der Waals surface area contributed by atoms with E-state index >= 15 is 0 Å². The van der Waals surface area contributed by atoms with Gasteiger partial charge in [0.05, 0.1) is 18.5 Å². The first-order valence-corrected chi connectivity index (χ1v) is 11.2. The summed E-state index contributed by atoms with van der Waals surface area (Å²) < 4.78 is 5.77. The minimum atomic E-state index is 0.127. The maximum atomic E-state index is 10.4. The molecule has 1 N–H and O–H groups in total. The fourth-order valence-electron chi connectivity index (χ4n) is 3.48. The van der Waals surface area contributed by atoms with Gasteiger partial charge >= 0.3 is 0 Å². The van der Waals surface area contributed by atoms with Crippen molar-refractivity contribution < 1.29 is 9.84 Å². The summed E-state index contributed by atoms with van der Waals surface area (Å²) in [6.07, 6.45) is 12.0. The summed E-state index contributed by atoms with van der Waals surface area (Å²) in [6.45, 7) is 2.90. The molecule has 0 aliphatic heterocycles. The van der Waals surface area contributed by atoms with Crippen LogP contribution >= 0.6 is 0 Å². The van der Waals surface area contributed by atoms with Crippen LogP contribution < -0.4 is 4.74 Å². The maximum Gasteiger partial charge on any atom is 0.146 e. The second-order valence-electron chi connectivity index (χ2n) is 7.73. The first kappa shape index (κ1) is 21.9. The van der Waals surface area contributed by atoms with Gasteiger partial charge in [0.15, 0.2) is 0 Å². The van der Waals surface area contributed by atoms with Crippen LogP contribution in [-0.2, 0) is 12.8 Å². The number of hydrogen-bond donors (Lipinski definition) is 1. The first-order chi connectivity index (χ1) is 14.8. The minimum Gasteiger partial charge on any atom is -0.505 e. The van der Waals surface area contributed by atoms with Crippen LogP contribution in [0, 0.1) is 0 Å². The number of unbranched alkanes of at least 4 members (excludes halogenated alkanes) is 5. The molecule has 0 saturated carbocycles. The molecule has 5 heteroatoms. The molecule has 0 unspecified atom stereocenters. The van der Waals surface area contributed by atoms with E-state index in [1.807, 2.05) is 12.1 Å². The Balaban J connectivity index is 1.45. The zero-order chi connectivity index (χ0) is 21.0.